The molecule has 140 valence electrons. The average molecular weight is 389 g/mol. The van der Waals surface area contributed by atoms with Gasteiger partial charge in [-0.1, -0.05) is 0 Å². The molecule has 1 aromatic carbocycles. The van der Waals surface area contributed by atoms with Gasteiger partial charge in [0.2, 0.25) is 0 Å². The van der Waals surface area contributed by atoms with Gasteiger partial charge in [0.25, 0.3) is 0 Å². The summed E-state index contributed by atoms with van der Waals surface area (Å²) in [5.74, 6) is 1.86. The van der Waals surface area contributed by atoms with E-state index >= 15 is 0 Å². The van der Waals surface area contributed by atoms with Gasteiger partial charge in [-0.05, 0) is 49.7 Å². The van der Waals surface area contributed by atoms with Crippen LogP contribution >= 0.6 is 11.3 Å². The molecule has 3 aromatic heterocycles. The first-order valence-electron chi connectivity index (χ1n) is 9.11. The largest absolute Gasteiger partial charge is 0.497 e. The van der Waals surface area contributed by atoms with Crippen molar-refractivity contribution in [1.82, 2.24) is 19.7 Å². The molecule has 0 saturated carbocycles. The van der Waals surface area contributed by atoms with E-state index in [4.69, 9.17) is 14.8 Å². The fraction of sp³-hybridized carbons (Fsp3) is 0.190. The van der Waals surface area contributed by atoms with E-state index in [1.54, 1.807) is 24.6 Å². The van der Waals surface area contributed by atoms with Crippen LogP contribution in [-0.4, -0.2) is 33.4 Å². The quantitative estimate of drug-likeness (QED) is 0.518. The maximum Gasteiger partial charge on any atom is 0.143 e. The van der Waals surface area contributed by atoms with Crippen LogP contribution in [-0.2, 0) is 6.42 Å². The van der Waals surface area contributed by atoms with Gasteiger partial charge in [-0.3, -0.25) is 0 Å². The zero-order chi connectivity index (χ0) is 19.1. The number of aryl methyl sites for hydroxylation is 1. The van der Waals surface area contributed by atoms with Crippen LogP contribution in [0.15, 0.2) is 54.2 Å². The third kappa shape index (κ3) is 2.84. The minimum atomic E-state index is 0.854. The first-order valence-corrected chi connectivity index (χ1v) is 9.99. The fourth-order valence-corrected chi connectivity index (χ4v) is 4.20. The minimum absolute atomic E-state index is 0.854. The van der Waals surface area contributed by atoms with Crippen LogP contribution < -0.4 is 9.64 Å². The fourth-order valence-electron chi connectivity index (χ4n) is 3.60. The second-order valence-corrected chi connectivity index (χ2v) is 7.56. The third-order valence-electron chi connectivity index (χ3n) is 4.92. The Bertz CT molecular complexity index is 1120. The molecule has 28 heavy (non-hydrogen) atoms. The van der Waals surface area contributed by atoms with Crippen LogP contribution in [0, 0.1) is 6.92 Å². The van der Waals surface area contributed by atoms with Crippen molar-refractivity contribution >= 4 is 22.8 Å². The number of rotatable bonds is 4. The molecule has 0 atom stereocenters. The van der Waals surface area contributed by atoms with E-state index in [0.717, 1.165) is 52.3 Å². The number of aromatic nitrogens is 4. The summed E-state index contributed by atoms with van der Waals surface area (Å²) >= 11 is 1.60. The third-order valence-corrected chi connectivity index (χ3v) is 5.72. The molecule has 0 spiro atoms. The SMILES string of the molecule is COc1ccc(N2CCc3c(-n4ccc(-c5nccs5)n4)cc(C)nc32)cc1. The molecule has 0 saturated heterocycles. The Morgan fingerprint density at radius 2 is 2.00 bits per heavy atom. The van der Waals surface area contributed by atoms with Gasteiger partial charge in [-0.2, -0.15) is 5.10 Å². The molecule has 0 bridgehead atoms. The summed E-state index contributed by atoms with van der Waals surface area (Å²) in [5, 5.41) is 7.66. The molecule has 1 aliphatic rings. The lowest BCUT2D eigenvalue weighted by Crippen LogP contribution is -2.14. The van der Waals surface area contributed by atoms with Crippen molar-refractivity contribution in [2.45, 2.75) is 13.3 Å². The monoisotopic (exact) mass is 389 g/mol. The molecule has 0 fully saturated rings. The Labute approximate surface area is 167 Å². The normalized spacial score (nSPS) is 13.0. The van der Waals surface area contributed by atoms with E-state index in [9.17, 15) is 0 Å². The van der Waals surface area contributed by atoms with Gasteiger partial charge < -0.3 is 9.64 Å². The maximum atomic E-state index is 5.28. The molecular formula is C21H19N5OS. The van der Waals surface area contributed by atoms with Crippen LogP contribution in [0.4, 0.5) is 11.5 Å². The highest BCUT2D eigenvalue weighted by Crippen LogP contribution is 2.37. The molecule has 7 heteroatoms. The van der Waals surface area contributed by atoms with Crippen LogP contribution in [0.25, 0.3) is 16.4 Å². The van der Waals surface area contributed by atoms with Crippen LogP contribution in [0.3, 0.4) is 0 Å². The van der Waals surface area contributed by atoms with Crippen molar-refractivity contribution in [3.8, 4) is 22.1 Å². The Balaban J connectivity index is 1.55. The summed E-state index contributed by atoms with van der Waals surface area (Å²) in [7, 11) is 1.68. The van der Waals surface area contributed by atoms with Gasteiger partial charge in [0, 0.05) is 41.3 Å². The number of ether oxygens (including phenoxy) is 1. The van der Waals surface area contributed by atoms with E-state index in [0.29, 0.717) is 0 Å². The smallest absolute Gasteiger partial charge is 0.143 e. The van der Waals surface area contributed by atoms with Gasteiger partial charge in [0.1, 0.15) is 22.3 Å². The number of pyridine rings is 1. The van der Waals surface area contributed by atoms with Crippen LogP contribution in [0.2, 0.25) is 0 Å². The summed E-state index contributed by atoms with van der Waals surface area (Å²) in [5.41, 5.74) is 5.28. The van der Waals surface area contributed by atoms with Crippen molar-refractivity contribution < 1.29 is 4.74 Å². The summed E-state index contributed by atoms with van der Waals surface area (Å²) in [6.07, 6.45) is 4.73. The molecule has 0 amide bonds. The Morgan fingerprint density at radius 1 is 1.14 bits per heavy atom. The predicted molar refractivity (Wildman–Crippen MR) is 111 cm³/mol. The van der Waals surface area contributed by atoms with Crippen LogP contribution in [0.5, 0.6) is 5.75 Å². The Kier molecular flexibility index (Phi) is 4.09. The summed E-state index contributed by atoms with van der Waals surface area (Å²) in [4.78, 5) is 11.5. The molecule has 5 rings (SSSR count). The van der Waals surface area contributed by atoms with Gasteiger partial charge >= 0.3 is 0 Å². The summed E-state index contributed by atoms with van der Waals surface area (Å²) in [6, 6.07) is 12.2. The minimum Gasteiger partial charge on any atom is -0.497 e. The first-order chi connectivity index (χ1) is 13.7. The lowest BCUT2D eigenvalue weighted by atomic mass is 10.1. The average Bonchev–Trinajstić information content (AvgIpc) is 3.46. The molecule has 0 N–H and O–H groups in total. The highest BCUT2D eigenvalue weighted by Gasteiger charge is 2.26. The number of anilines is 2. The molecule has 0 unspecified atom stereocenters. The molecular weight excluding hydrogens is 370 g/mol. The highest BCUT2D eigenvalue weighted by atomic mass is 32.1. The lowest BCUT2D eigenvalue weighted by Gasteiger charge is -2.19. The number of hydrogen-bond acceptors (Lipinski definition) is 6. The Hall–Kier alpha value is -3.19. The number of benzene rings is 1. The Morgan fingerprint density at radius 3 is 2.75 bits per heavy atom. The summed E-state index contributed by atoms with van der Waals surface area (Å²) < 4.78 is 7.23. The van der Waals surface area contributed by atoms with Crippen molar-refractivity contribution in [1.29, 1.82) is 0 Å². The van der Waals surface area contributed by atoms with E-state index in [1.807, 2.05) is 41.4 Å². The highest BCUT2D eigenvalue weighted by molar-refractivity contribution is 7.13. The van der Waals surface area contributed by atoms with Crippen molar-refractivity contribution in [2.75, 3.05) is 18.6 Å². The van der Waals surface area contributed by atoms with E-state index in [1.165, 1.54) is 5.56 Å². The molecule has 4 heterocycles. The second-order valence-electron chi connectivity index (χ2n) is 6.67. The zero-order valence-electron chi connectivity index (χ0n) is 15.7. The van der Waals surface area contributed by atoms with Crippen molar-refractivity contribution in [3.05, 3.63) is 65.4 Å². The number of hydrogen-bond donors (Lipinski definition) is 0. The molecule has 0 radical (unpaired) electrons. The van der Waals surface area contributed by atoms with E-state index in [2.05, 4.69) is 28.1 Å². The van der Waals surface area contributed by atoms with Gasteiger partial charge in [0.15, 0.2) is 0 Å². The number of methoxy groups -OCH3 is 1. The number of fused-ring (bicyclic) bond motifs is 1. The van der Waals surface area contributed by atoms with E-state index in [-0.39, 0.29) is 0 Å². The topological polar surface area (TPSA) is 56.1 Å². The first kappa shape index (κ1) is 16.9. The van der Waals surface area contributed by atoms with Gasteiger partial charge in [-0.15, -0.1) is 11.3 Å². The lowest BCUT2D eigenvalue weighted by molar-refractivity contribution is 0.415. The van der Waals surface area contributed by atoms with Crippen molar-refractivity contribution in [3.63, 3.8) is 0 Å². The molecule has 6 nitrogen and oxygen atoms in total. The van der Waals surface area contributed by atoms with Gasteiger partial charge in [0.05, 0.1) is 12.8 Å². The maximum absolute atomic E-state index is 5.28. The standard InChI is InChI=1S/C21H19N5OS/c1-14-13-19(26-11-8-18(24-26)21-22-9-12-28-21)17-7-10-25(20(17)23-14)15-3-5-16(27-2)6-4-15/h3-6,8-9,11-13H,7,10H2,1-2H3. The van der Waals surface area contributed by atoms with Crippen molar-refractivity contribution in [2.24, 2.45) is 0 Å². The second kappa shape index (κ2) is 6.76. The van der Waals surface area contributed by atoms with Crippen LogP contribution in [0.1, 0.15) is 11.3 Å². The molecule has 4 aromatic rings. The zero-order valence-corrected chi connectivity index (χ0v) is 16.5. The molecule has 1 aliphatic heterocycles. The predicted octanol–water partition coefficient (Wildman–Crippen LogP) is 4.40. The van der Waals surface area contributed by atoms with Gasteiger partial charge in [-0.25, -0.2) is 14.6 Å². The van der Waals surface area contributed by atoms with E-state index < -0.39 is 0 Å². The number of nitrogens with zero attached hydrogens (tertiary/aromatic N) is 5. The molecule has 0 aliphatic carbocycles. The number of thiazole rings is 1. The summed E-state index contributed by atoms with van der Waals surface area (Å²) in [6.45, 7) is 2.92.